The number of hydrogen-bond donors (Lipinski definition) is 3. The number of carbonyl (C=O) groups is 1. The van der Waals surface area contributed by atoms with Gasteiger partial charge in [0.1, 0.15) is 11.3 Å². The van der Waals surface area contributed by atoms with Gasteiger partial charge in [0.25, 0.3) is 0 Å². The predicted octanol–water partition coefficient (Wildman–Crippen LogP) is 0.688. The zero-order valence-corrected chi connectivity index (χ0v) is 10.6. The molecule has 0 spiro atoms. The van der Waals surface area contributed by atoms with Crippen LogP contribution in [0.1, 0.15) is 18.1 Å². The van der Waals surface area contributed by atoms with Crippen molar-refractivity contribution in [2.24, 2.45) is 5.73 Å². The standard InChI is InChI=1S/C11H13BF3NO4/c1-10(16,9(17)18)5-6-2-3-7(20-12-19)4-8(6)11(13,14)15/h2-4,12,19H,5,16H2,1H3,(H,17,18)/t10-/m0/s1. The molecule has 0 radical (unpaired) electrons. The molecular formula is C11H13BF3NO4. The summed E-state index contributed by atoms with van der Waals surface area (Å²) >= 11 is 0. The molecule has 9 heteroatoms. The Kier molecular flexibility index (Phi) is 4.67. The van der Waals surface area contributed by atoms with Crippen molar-refractivity contribution in [1.29, 1.82) is 0 Å². The van der Waals surface area contributed by atoms with Crippen LogP contribution in [0.5, 0.6) is 5.75 Å². The lowest BCUT2D eigenvalue weighted by Crippen LogP contribution is -2.47. The molecule has 0 aromatic heterocycles. The van der Waals surface area contributed by atoms with Crippen molar-refractivity contribution in [3.8, 4) is 5.75 Å². The van der Waals surface area contributed by atoms with Crippen LogP contribution in [0.4, 0.5) is 13.2 Å². The third-order valence-electron chi connectivity index (χ3n) is 2.66. The van der Waals surface area contributed by atoms with Crippen molar-refractivity contribution < 1.29 is 32.8 Å². The van der Waals surface area contributed by atoms with Crippen molar-refractivity contribution in [1.82, 2.24) is 0 Å². The largest absolute Gasteiger partial charge is 0.539 e. The number of carboxylic acid groups (broad SMARTS) is 1. The number of carboxylic acids is 1. The monoisotopic (exact) mass is 291 g/mol. The van der Waals surface area contributed by atoms with Crippen LogP contribution < -0.4 is 10.4 Å². The molecule has 0 bridgehead atoms. The average molecular weight is 291 g/mol. The molecule has 20 heavy (non-hydrogen) atoms. The van der Waals surface area contributed by atoms with Crippen LogP contribution in [-0.2, 0) is 17.4 Å². The van der Waals surface area contributed by atoms with Gasteiger partial charge in [-0.3, -0.25) is 4.79 Å². The highest BCUT2D eigenvalue weighted by Gasteiger charge is 2.37. The van der Waals surface area contributed by atoms with Gasteiger partial charge in [0.15, 0.2) is 0 Å². The highest BCUT2D eigenvalue weighted by Crippen LogP contribution is 2.35. The molecule has 5 nitrogen and oxygen atoms in total. The Morgan fingerprint density at radius 2 is 2.05 bits per heavy atom. The van der Waals surface area contributed by atoms with Gasteiger partial charge in [-0.1, -0.05) is 6.07 Å². The van der Waals surface area contributed by atoms with Crippen LogP contribution >= 0.6 is 0 Å². The van der Waals surface area contributed by atoms with E-state index in [0.717, 1.165) is 13.0 Å². The lowest BCUT2D eigenvalue weighted by atomic mass is 9.91. The second kappa shape index (κ2) is 5.72. The van der Waals surface area contributed by atoms with E-state index in [0.29, 0.717) is 6.07 Å². The summed E-state index contributed by atoms with van der Waals surface area (Å²) in [5, 5.41) is 17.4. The van der Waals surface area contributed by atoms with Crippen LogP contribution in [0, 0.1) is 0 Å². The van der Waals surface area contributed by atoms with E-state index < -0.39 is 37.4 Å². The molecule has 1 rings (SSSR count). The maximum absolute atomic E-state index is 12.9. The molecule has 0 aliphatic rings. The Morgan fingerprint density at radius 1 is 1.45 bits per heavy atom. The molecular weight excluding hydrogens is 278 g/mol. The van der Waals surface area contributed by atoms with Crippen molar-refractivity contribution in [2.45, 2.75) is 25.1 Å². The summed E-state index contributed by atoms with van der Waals surface area (Å²) in [6.45, 7) is 1.13. The van der Waals surface area contributed by atoms with Crippen molar-refractivity contribution in [2.75, 3.05) is 0 Å². The van der Waals surface area contributed by atoms with E-state index in [1.807, 2.05) is 0 Å². The number of rotatable bonds is 5. The van der Waals surface area contributed by atoms with E-state index in [9.17, 15) is 18.0 Å². The molecule has 0 saturated heterocycles. The maximum Gasteiger partial charge on any atom is 0.504 e. The van der Waals surface area contributed by atoms with E-state index in [1.165, 1.54) is 6.07 Å². The zero-order valence-electron chi connectivity index (χ0n) is 10.6. The molecule has 0 aliphatic heterocycles. The lowest BCUT2D eigenvalue weighted by Gasteiger charge is -2.22. The van der Waals surface area contributed by atoms with Gasteiger partial charge in [0.2, 0.25) is 0 Å². The number of hydrogen-bond acceptors (Lipinski definition) is 4. The first kappa shape index (κ1) is 16.3. The summed E-state index contributed by atoms with van der Waals surface area (Å²) in [6.07, 6.45) is -5.17. The Balaban J connectivity index is 3.22. The van der Waals surface area contributed by atoms with Gasteiger partial charge < -0.3 is 20.5 Å². The first-order valence-electron chi connectivity index (χ1n) is 5.54. The average Bonchev–Trinajstić information content (AvgIpc) is 2.29. The number of alkyl halides is 3. The van der Waals surface area contributed by atoms with Gasteiger partial charge in [-0.15, -0.1) is 0 Å². The first-order valence-corrected chi connectivity index (χ1v) is 5.54. The van der Waals surface area contributed by atoms with Gasteiger partial charge in [-0.05, 0) is 24.6 Å². The summed E-state index contributed by atoms with van der Waals surface area (Å²) in [5.41, 5.74) is 2.35. The summed E-state index contributed by atoms with van der Waals surface area (Å²) in [7, 11) is -0.764. The number of nitrogens with two attached hydrogens (primary N) is 1. The molecule has 1 aromatic carbocycles. The highest BCUT2D eigenvalue weighted by atomic mass is 19.4. The van der Waals surface area contributed by atoms with Crippen molar-refractivity contribution >= 4 is 13.7 Å². The summed E-state index contributed by atoms with van der Waals surface area (Å²) in [4.78, 5) is 10.9. The Labute approximate surface area is 113 Å². The van der Waals surface area contributed by atoms with Gasteiger partial charge in [-0.2, -0.15) is 13.2 Å². The molecule has 0 fully saturated rings. The zero-order chi connectivity index (χ0) is 15.6. The molecule has 0 amide bonds. The van der Waals surface area contributed by atoms with E-state index in [1.54, 1.807) is 0 Å². The maximum atomic E-state index is 12.9. The number of aliphatic carboxylic acids is 1. The van der Waals surface area contributed by atoms with Crippen LogP contribution in [0.25, 0.3) is 0 Å². The predicted molar refractivity (Wildman–Crippen MR) is 65.4 cm³/mol. The minimum absolute atomic E-state index is 0.169. The van der Waals surface area contributed by atoms with E-state index >= 15 is 0 Å². The van der Waals surface area contributed by atoms with Crippen LogP contribution in [0.2, 0.25) is 0 Å². The molecule has 4 N–H and O–H groups in total. The van der Waals surface area contributed by atoms with E-state index in [4.69, 9.17) is 15.9 Å². The first-order chi connectivity index (χ1) is 9.08. The summed E-state index contributed by atoms with van der Waals surface area (Å²) in [6, 6.07) is 2.99. The minimum Gasteiger partial charge on any atom is -0.539 e. The summed E-state index contributed by atoms with van der Waals surface area (Å²) in [5.74, 6) is -1.57. The van der Waals surface area contributed by atoms with Crippen LogP contribution in [0.3, 0.4) is 0 Å². The fourth-order valence-corrected chi connectivity index (χ4v) is 1.61. The smallest absolute Gasteiger partial charge is 0.504 e. The van der Waals surface area contributed by atoms with Crippen molar-refractivity contribution in [3.63, 3.8) is 0 Å². The second-order valence-corrected chi connectivity index (χ2v) is 4.49. The van der Waals surface area contributed by atoms with Gasteiger partial charge in [0, 0.05) is 6.42 Å². The quantitative estimate of drug-likeness (QED) is 0.694. The molecule has 0 saturated carbocycles. The minimum atomic E-state index is -4.68. The SMILES string of the molecule is C[C@](N)(Cc1ccc(OBO)cc1C(F)(F)F)C(=O)O. The number of benzene rings is 1. The molecule has 1 aromatic rings. The van der Waals surface area contributed by atoms with Gasteiger partial charge >= 0.3 is 19.8 Å². The van der Waals surface area contributed by atoms with Crippen LogP contribution in [0.15, 0.2) is 18.2 Å². The van der Waals surface area contributed by atoms with Crippen LogP contribution in [-0.4, -0.2) is 29.3 Å². The lowest BCUT2D eigenvalue weighted by molar-refractivity contribution is -0.144. The molecule has 0 aliphatic carbocycles. The third-order valence-corrected chi connectivity index (χ3v) is 2.66. The number of halogens is 3. The fourth-order valence-electron chi connectivity index (χ4n) is 1.61. The third kappa shape index (κ3) is 3.88. The summed E-state index contributed by atoms with van der Waals surface area (Å²) < 4.78 is 43.4. The van der Waals surface area contributed by atoms with Gasteiger partial charge in [0.05, 0.1) is 5.56 Å². The van der Waals surface area contributed by atoms with E-state index in [-0.39, 0.29) is 11.3 Å². The Morgan fingerprint density at radius 3 is 2.50 bits per heavy atom. The Hall–Kier alpha value is -1.74. The molecule has 0 unspecified atom stereocenters. The topological polar surface area (TPSA) is 92.8 Å². The van der Waals surface area contributed by atoms with Crippen molar-refractivity contribution in [3.05, 3.63) is 29.3 Å². The molecule has 110 valence electrons. The molecule has 1 atom stereocenters. The fraction of sp³-hybridized carbons (Fsp3) is 0.364. The normalized spacial score (nSPS) is 14.5. The van der Waals surface area contributed by atoms with Gasteiger partial charge in [-0.25, -0.2) is 0 Å². The molecule has 0 heterocycles. The highest BCUT2D eigenvalue weighted by molar-refractivity contribution is 6.17. The second-order valence-electron chi connectivity index (χ2n) is 4.49. The van der Waals surface area contributed by atoms with E-state index in [2.05, 4.69) is 4.65 Å². The Bertz CT molecular complexity index is 505.